The second-order valence-corrected chi connectivity index (χ2v) is 3.66. The van der Waals surface area contributed by atoms with Crippen molar-refractivity contribution in [3.05, 3.63) is 34.3 Å². The predicted octanol–water partition coefficient (Wildman–Crippen LogP) is 3.23. The maximum atomic E-state index is 10.9. The van der Waals surface area contributed by atoms with Gasteiger partial charge >= 0.3 is 5.97 Å². The molecular formula is C11H13ClO2. The summed E-state index contributed by atoms with van der Waals surface area (Å²) in [5, 5.41) is 9.55. The van der Waals surface area contributed by atoms with Gasteiger partial charge < -0.3 is 5.11 Å². The molecule has 0 spiro atoms. The summed E-state index contributed by atoms with van der Waals surface area (Å²) in [5.74, 6) is -1.32. The van der Waals surface area contributed by atoms with Crippen LogP contribution < -0.4 is 0 Å². The van der Waals surface area contributed by atoms with E-state index in [1.165, 1.54) is 0 Å². The number of benzene rings is 1. The topological polar surface area (TPSA) is 37.3 Å². The van der Waals surface area contributed by atoms with Crippen LogP contribution in [0.3, 0.4) is 0 Å². The highest BCUT2D eigenvalue weighted by Crippen LogP contribution is 2.29. The predicted molar refractivity (Wildman–Crippen MR) is 56.9 cm³/mol. The van der Waals surface area contributed by atoms with Crippen molar-refractivity contribution in [3.63, 3.8) is 0 Å². The third kappa shape index (κ3) is 2.07. The lowest BCUT2D eigenvalue weighted by Gasteiger charge is -2.13. The standard InChI is InChI=1S/C11H13ClO2/c1-3-8(11(13)14)9-6-4-5-7(2)10(9)12/h4-6,8H,3H2,1-2H3,(H,13,14). The average molecular weight is 213 g/mol. The minimum Gasteiger partial charge on any atom is -0.481 e. The van der Waals surface area contributed by atoms with Gasteiger partial charge in [0.15, 0.2) is 0 Å². The van der Waals surface area contributed by atoms with Crippen LogP contribution in [0.5, 0.6) is 0 Å². The summed E-state index contributed by atoms with van der Waals surface area (Å²) in [7, 11) is 0. The average Bonchev–Trinajstić information content (AvgIpc) is 2.13. The number of carboxylic acid groups (broad SMARTS) is 1. The van der Waals surface area contributed by atoms with Crippen molar-refractivity contribution in [1.82, 2.24) is 0 Å². The third-order valence-corrected chi connectivity index (χ3v) is 2.82. The Hall–Kier alpha value is -1.02. The van der Waals surface area contributed by atoms with E-state index in [4.69, 9.17) is 16.7 Å². The molecule has 0 amide bonds. The van der Waals surface area contributed by atoms with E-state index < -0.39 is 11.9 Å². The number of hydrogen-bond acceptors (Lipinski definition) is 1. The summed E-state index contributed by atoms with van der Waals surface area (Å²) in [5.41, 5.74) is 1.63. The lowest BCUT2D eigenvalue weighted by molar-refractivity contribution is -0.138. The lowest BCUT2D eigenvalue weighted by atomic mass is 9.95. The van der Waals surface area contributed by atoms with E-state index >= 15 is 0 Å². The summed E-state index contributed by atoms with van der Waals surface area (Å²) < 4.78 is 0. The number of aliphatic carboxylic acids is 1. The summed E-state index contributed by atoms with van der Waals surface area (Å²) in [6.45, 7) is 3.72. The molecule has 0 heterocycles. The van der Waals surface area contributed by atoms with Crippen LogP contribution in [0.15, 0.2) is 18.2 Å². The van der Waals surface area contributed by atoms with Crippen LogP contribution in [-0.4, -0.2) is 11.1 Å². The molecule has 1 rings (SSSR count). The van der Waals surface area contributed by atoms with Crippen molar-refractivity contribution < 1.29 is 9.90 Å². The highest BCUT2D eigenvalue weighted by Gasteiger charge is 2.20. The first-order valence-corrected chi connectivity index (χ1v) is 4.93. The van der Waals surface area contributed by atoms with E-state index in [1.807, 2.05) is 26.0 Å². The molecule has 0 saturated heterocycles. The molecule has 0 saturated carbocycles. The number of aryl methyl sites for hydroxylation is 1. The monoisotopic (exact) mass is 212 g/mol. The molecule has 0 radical (unpaired) electrons. The summed E-state index contributed by atoms with van der Waals surface area (Å²) in [6, 6.07) is 5.49. The Labute approximate surface area is 88.5 Å². The minimum absolute atomic E-state index is 0.498. The Morgan fingerprint density at radius 3 is 2.71 bits per heavy atom. The molecule has 14 heavy (non-hydrogen) atoms. The first kappa shape index (κ1) is 11.1. The van der Waals surface area contributed by atoms with Gasteiger partial charge in [-0.1, -0.05) is 36.7 Å². The number of rotatable bonds is 3. The fraction of sp³-hybridized carbons (Fsp3) is 0.364. The molecule has 1 aromatic carbocycles. The second-order valence-electron chi connectivity index (χ2n) is 3.28. The number of carboxylic acids is 1. The molecule has 0 bridgehead atoms. The van der Waals surface area contributed by atoms with E-state index in [9.17, 15) is 4.79 Å². The maximum Gasteiger partial charge on any atom is 0.311 e. The normalized spacial score (nSPS) is 12.5. The van der Waals surface area contributed by atoms with Gasteiger partial charge in [-0.15, -0.1) is 0 Å². The smallest absolute Gasteiger partial charge is 0.311 e. The van der Waals surface area contributed by atoms with E-state index in [2.05, 4.69) is 0 Å². The third-order valence-electron chi connectivity index (χ3n) is 2.30. The van der Waals surface area contributed by atoms with Crippen LogP contribution in [0.1, 0.15) is 30.4 Å². The van der Waals surface area contributed by atoms with Gasteiger partial charge in [-0.05, 0) is 24.5 Å². The molecule has 2 nitrogen and oxygen atoms in total. The number of hydrogen-bond donors (Lipinski definition) is 1. The zero-order valence-electron chi connectivity index (χ0n) is 8.25. The van der Waals surface area contributed by atoms with Crippen molar-refractivity contribution >= 4 is 17.6 Å². The highest BCUT2D eigenvalue weighted by molar-refractivity contribution is 6.32. The molecule has 0 aromatic heterocycles. The van der Waals surface area contributed by atoms with Gasteiger partial charge in [-0.3, -0.25) is 4.79 Å². The largest absolute Gasteiger partial charge is 0.481 e. The molecule has 1 N–H and O–H groups in total. The Kier molecular flexibility index (Phi) is 3.53. The second kappa shape index (κ2) is 4.47. The SMILES string of the molecule is CCC(C(=O)O)c1cccc(C)c1Cl. The molecule has 3 heteroatoms. The van der Waals surface area contributed by atoms with Crippen LogP contribution in [0.2, 0.25) is 5.02 Å². The molecule has 1 unspecified atom stereocenters. The highest BCUT2D eigenvalue weighted by atomic mass is 35.5. The fourth-order valence-corrected chi connectivity index (χ4v) is 1.72. The summed E-state index contributed by atoms with van der Waals surface area (Å²) in [6.07, 6.45) is 0.554. The number of carbonyl (C=O) groups is 1. The van der Waals surface area contributed by atoms with Crippen molar-refractivity contribution in [2.75, 3.05) is 0 Å². The van der Waals surface area contributed by atoms with Crippen LogP contribution in [0.25, 0.3) is 0 Å². The van der Waals surface area contributed by atoms with Gasteiger partial charge in [0.1, 0.15) is 0 Å². The van der Waals surface area contributed by atoms with Crippen molar-refractivity contribution in [2.24, 2.45) is 0 Å². The summed E-state index contributed by atoms with van der Waals surface area (Å²) in [4.78, 5) is 10.9. The van der Waals surface area contributed by atoms with Crippen LogP contribution >= 0.6 is 11.6 Å². The molecule has 1 atom stereocenters. The zero-order valence-corrected chi connectivity index (χ0v) is 9.01. The molecule has 0 aliphatic rings. The molecule has 0 fully saturated rings. The maximum absolute atomic E-state index is 10.9. The zero-order chi connectivity index (χ0) is 10.7. The fourth-order valence-electron chi connectivity index (χ4n) is 1.47. The van der Waals surface area contributed by atoms with Gasteiger partial charge in [-0.2, -0.15) is 0 Å². The van der Waals surface area contributed by atoms with Crippen molar-refractivity contribution in [3.8, 4) is 0 Å². The lowest BCUT2D eigenvalue weighted by Crippen LogP contribution is -2.11. The molecule has 0 aliphatic carbocycles. The van der Waals surface area contributed by atoms with E-state index in [0.717, 1.165) is 5.56 Å². The molecule has 0 aliphatic heterocycles. The van der Waals surface area contributed by atoms with Gasteiger partial charge in [-0.25, -0.2) is 0 Å². The Morgan fingerprint density at radius 2 is 2.21 bits per heavy atom. The van der Waals surface area contributed by atoms with Gasteiger partial charge in [0.25, 0.3) is 0 Å². The molecule has 1 aromatic rings. The van der Waals surface area contributed by atoms with Crippen LogP contribution in [-0.2, 0) is 4.79 Å². The Morgan fingerprint density at radius 1 is 1.57 bits per heavy atom. The molecular weight excluding hydrogens is 200 g/mol. The first-order chi connectivity index (χ1) is 6.57. The molecule has 76 valence electrons. The van der Waals surface area contributed by atoms with Crippen LogP contribution in [0.4, 0.5) is 0 Å². The van der Waals surface area contributed by atoms with Gasteiger partial charge in [0.2, 0.25) is 0 Å². The van der Waals surface area contributed by atoms with E-state index in [-0.39, 0.29) is 0 Å². The minimum atomic E-state index is -0.819. The first-order valence-electron chi connectivity index (χ1n) is 4.55. The van der Waals surface area contributed by atoms with Crippen LogP contribution in [0, 0.1) is 6.92 Å². The Balaban J connectivity index is 3.16. The van der Waals surface area contributed by atoms with Gasteiger partial charge in [0, 0.05) is 5.02 Å². The summed E-state index contributed by atoms with van der Waals surface area (Å²) >= 11 is 6.05. The quantitative estimate of drug-likeness (QED) is 0.835. The van der Waals surface area contributed by atoms with Crippen molar-refractivity contribution in [1.29, 1.82) is 0 Å². The van der Waals surface area contributed by atoms with Gasteiger partial charge in [0.05, 0.1) is 5.92 Å². The van der Waals surface area contributed by atoms with Crippen molar-refractivity contribution in [2.45, 2.75) is 26.2 Å². The van der Waals surface area contributed by atoms with E-state index in [0.29, 0.717) is 17.0 Å². The Bertz CT molecular complexity index is 347. The van der Waals surface area contributed by atoms with E-state index in [1.54, 1.807) is 6.07 Å². The number of halogens is 1.